The van der Waals surface area contributed by atoms with Crippen molar-refractivity contribution in [2.45, 2.75) is 72.1 Å². The molecule has 0 aromatic heterocycles. The molecule has 1 aromatic rings. The quantitative estimate of drug-likeness (QED) is 0.274. The van der Waals surface area contributed by atoms with Gasteiger partial charge in [0.25, 0.3) is 0 Å². The van der Waals surface area contributed by atoms with Crippen molar-refractivity contribution in [1.82, 2.24) is 15.5 Å². The third kappa shape index (κ3) is 18.7. The Morgan fingerprint density at radius 2 is 1.77 bits per heavy atom. The summed E-state index contributed by atoms with van der Waals surface area (Å²) in [6, 6.07) is 9.97. The maximum absolute atomic E-state index is 12.7. The maximum atomic E-state index is 12.7. The lowest BCUT2D eigenvalue weighted by molar-refractivity contribution is -0.124. The standard InChI is InChI=1S/C20H29N3O4.C8H17N3.ClH/c1-13(2)11-15(23-19(25)27-20(3,4)5)18(24)22-16(12-21)14-9-7-8-10-17(14)26-6;1-4-9-8-10-6-5-7-11(2)3;/h7-10,13,15-16H,11H2,1-6H3,(H,22,24)(H,23,25);4-7H2,1-3H3;1H/t15-,16?;;/m0../s1. The van der Waals surface area contributed by atoms with Crippen LogP contribution in [0.2, 0.25) is 0 Å². The zero-order valence-electron chi connectivity index (χ0n) is 24.9. The van der Waals surface area contributed by atoms with Crippen LogP contribution < -0.4 is 15.4 Å². The van der Waals surface area contributed by atoms with E-state index in [9.17, 15) is 14.9 Å². The molecular weight excluding hydrogens is 520 g/mol. The normalized spacial score (nSPS) is 11.8. The summed E-state index contributed by atoms with van der Waals surface area (Å²) in [7, 11) is 5.62. The highest BCUT2D eigenvalue weighted by molar-refractivity contribution is 5.86. The van der Waals surface area contributed by atoms with Gasteiger partial charge in [0.05, 0.1) is 25.7 Å². The van der Waals surface area contributed by atoms with Crippen molar-refractivity contribution in [1.29, 1.82) is 5.26 Å². The third-order valence-electron chi connectivity index (χ3n) is 4.75. The molecule has 1 unspecified atom stereocenters. The minimum absolute atomic E-state index is 0. The van der Waals surface area contributed by atoms with Crippen LogP contribution in [0.5, 0.6) is 5.75 Å². The Balaban J connectivity index is 0. The zero-order chi connectivity index (χ0) is 29.1. The van der Waals surface area contributed by atoms with Crippen molar-refractivity contribution in [2.75, 3.05) is 40.8 Å². The molecule has 0 fully saturated rings. The second kappa shape index (κ2) is 20.8. The smallest absolute Gasteiger partial charge is 0.408 e. The number of carbonyl (C=O) groups excluding carboxylic acids is 2. The fourth-order valence-electron chi connectivity index (χ4n) is 3.12. The van der Waals surface area contributed by atoms with Crippen LogP contribution in [-0.4, -0.2) is 75.4 Å². The Kier molecular flexibility index (Phi) is 20.3. The minimum atomic E-state index is -0.899. The molecule has 0 heterocycles. The third-order valence-corrected chi connectivity index (χ3v) is 4.75. The van der Waals surface area contributed by atoms with E-state index in [4.69, 9.17) is 9.47 Å². The van der Waals surface area contributed by atoms with Gasteiger partial charge in [-0.3, -0.25) is 4.79 Å². The number of hydrogen-bond donors (Lipinski definition) is 2. The molecular formula is C28H47ClN6O4. The highest BCUT2D eigenvalue weighted by Gasteiger charge is 2.27. The summed E-state index contributed by atoms with van der Waals surface area (Å²) >= 11 is 0. The van der Waals surface area contributed by atoms with Gasteiger partial charge in [0, 0.05) is 12.1 Å². The van der Waals surface area contributed by atoms with Crippen LogP contribution in [0.1, 0.15) is 66.0 Å². The molecule has 0 aliphatic carbocycles. The van der Waals surface area contributed by atoms with Gasteiger partial charge < -0.3 is 25.0 Å². The molecule has 0 saturated carbocycles. The van der Waals surface area contributed by atoms with E-state index >= 15 is 0 Å². The Labute approximate surface area is 240 Å². The topological polar surface area (TPSA) is 128 Å². The van der Waals surface area contributed by atoms with Gasteiger partial charge in [-0.05, 0) is 73.2 Å². The summed E-state index contributed by atoms with van der Waals surface area (Å²) in [6.07, 6.45) is 0.822. The molecule has 11 heteroatoms. The van der Waals surface area contributed by atoms with Crippen molar-refractivity contribution in [3.8, 4) is 11.8 Å². The Hall–Kier alpha value is -3.12. The molecule has 2 amide bonds. The van der Waals surface area contributed by atoms with Crippen LogP contribution in [0, 0.1) is 17.2 Å². The molecule has 0 aliphatic rings. The first kappa shape index (κ1) is 38.0. The number of para-hydroxylation sites is 1. The Morgan fingerprint density at radius 1 is 1.13 bits per heavy atom. The molecule has 0 bridgehead atoms. The van der Waals surface area contributed by atoms with Gasteiger partial charge in [-0.2, -0.15) is 5.26 Å². The van der Waals surface area contributed by atoms with E-state index in [1.54, 1.807) is 45.0 Å². The molecule has 0 aliphatic heterocycles. The molecule has 10 nitrogen and oxygen atoms in total. The molecule has 0 saturated heterocycles. The summed E-state index contributed by atoms with van der Waals surface area (Å²) in [5.41, 5.74) is -0.119. The largest absolute Gasteiger partial charge is 0.496 e. The molecule has 39 heavy (non-hydrogen) atoms. The van der Waals surface area contributed by atoms with E-state index in [0.717, 1.165) is 26.1 Å². The van der Waals surface area contributed by atoms with Crippen LogP contribution in [0.25, 0.3) is 0 Å². The average molecular weight is 567 g/mol. The second-order valence-electron chi connectivity index (χ2n) is 10.3. The summed E-state index contributed by atoms with van der Waals surface area (Å²) in [5.74, 6) is 0.208. The second-order valence-corrected chi connectivity index (χ2v) is 10.3. The highest BCUT2D eigenvalue weighted by Crippen LogP contribution is 2.24. The van der Waals surface area contributed by atoms with Crippen molar-refractivity contribution in [3.63, 3.8) is 0 Å². The number of nitrogens with zero attached hydrogens (tertiary/aromatic N) is 4. The fourth-order valence-corrected chi connectivity index (χ4v) is 3.12. The van der Waals surface area contributed by atoms with Crippen LogP contribution in [0.3, 0.4) is 0 Å². The predicted molar refractivity (Wildman–Crippen MR) is 158 cm³/mol. The lowest BCUT2D eigenvalue weighted by Gasteiger charge is -2.25. The number of methoxy groups -OCH3 is 1. The van der Waals surface area contributed by atoms with Gasteiger partial charge in [-0.1, -0.05) is 32.0 Å². The van der Waals surface area contributed by atoms with Gasteiger partial charge >= 0.3 is 6.09 Å². The molecule has 0 radical (unpaired) electrons. The SMILES string of the molecule is CCN=C=NCCCN(C)C.COc1ccccc1C(C#N)NC(=O)[C@H](CC(C)C)NC(=O)OC(C)(C)C.Cl. The summed E-state index contributed by atoms with van der Waals surface area (Å²) < 4.78 is 10.5. The molecule has 1 aromatic carbocycles. The van der Waals surface area contributed by atoms with Gasteiger partial charge in [-0.15, -0.1) is 12.4 Å². The van der Waals surface area contributed by atoms with E-state index in [2.05, 4.69) is 51.7 Å². The lowest BCUT2D eigenvalue weighted by Crippen LogP contribution is -2.49. The zero-order valence-corrected chi connectivity index (χ0v) is 25.7. The Bertz CT molecular complexity index is 950. The first-order valence-corrected chi connectivity index (χ1v) is 12.9. The maximum Gasteiger partial charge on any atom is 0.408 e. The Morgan fingerprint density at radius 3 is 2.28 bits per heavy atom. The number of nitriles is 1. The molecule has 2 N–H and O–H groups in total. The first-order chi connectivity index (χ1) is 17.8. The number of hydrogen-bond acceptors (Lipinski definition) is 8. The van der Waals surface area contributed by atoms with Gasteiger partial charge in [0.1, 0.15) is 23.4 Å². The number of rotatable bonds is 12. The molecule has 220 valence electrons. The number of carbonyl (C=O) groups is 2. The number of ether oxygens (including phenoxy) is 2. The van der Waals surface area contributed by atoms with Gasteiger partial charge in [0.2, 0.25) is 5.91 Å². The van der Waals surface area contributed by atoms with Crippen molar-refractivity contribution in [3.05, 3.63) is 29.8 Å². The van der Waals surface area contributed by atoms with Crippen LogP contribution >= 0.6 is 12.4 Å². The van der Waals surface area contributed by atoms with E-state index in [1.165, 1.54) is 7.11 Å². The molecule has 1 rings (SSSR count). The monoisotopic (exact) mass is 566 g/mol. The van der Waals surface area contributed by atoms with Crippen molar-refractivity contribution >= 4 is 30.4 Å². The van der Waals surface area contributed by atoms with Crippen LogP contribution in [-0.2, 0) is 9.53 Å². The molecule has 2 atom stereocenters. The van der Waals surface area contributed by atoms with E-state index in [-0.39, 0.29) is 18.3 Å². The number of benzene rings is 1. The summed E-state index contributed by atoms with van der Waals surface area (Å²) in [6.45, 7) is 13.8. The number of halogens is 1. The van der Waals surface area contributed by atoms with Crippen molar-refractivity contribution < 1.29 is 19.1 Å². The van der Waals surface area contributed by atoms with E-state index in [1.807, 2.05) is 20.8 Å². The van der Waals surface area contributed by atoms with E-state index < -0.39 is 29.7 Å². The van der Waals surface area contributed by atoms with Crippen LogP contribution in [0.15, 0.2) is 34.3 Å². The fraction of sp³-hybridized carbons (Fsp3) is 0.643. The number of amides is 2. The van der Waals surface area contributed by atoms with E-state index in [0.29, 0.717) is 17.7 Å². The highest BCUT2D eigenvalue weighted by atomic mass is 35.5. The predicted octanol–water partition coefficient (Wildman–Crippen LogP) is 4.87. The minimum Gasteiger partial charge on any atom is -0.496 e. The van der Waals surface area contributed by atoms with Gasteiger partial charge in [0.15, 0.2) is 0 Å². The van der Waals surface area contributed by atoms with Crippen molar-refractivity contribution in [2.24, 2.45) is 15.9 Å². The number of aliphatic imine (C=N–C) groups is 2. The summed E-state index contributed by atoms with van der Waals surface area (Å²) in [4.78, 5) is 34.8. The first-order valence-electron chi connectivity index (χ1n) is 12.9. The number of nitrogens with one attached hydrogen (secondary N) is 2. The van der Waals surface area contributed by atoms with Crippen LogP contribution in [0.4, 0.5) is 4.79 Å². The number of alkyl carbamates (subject to hydrolysis) is 1. The summed E-state index contributed by atoms with van der Waals surface area (Å²) in [5, 5.41) is 14.8. The van der Waals surface area contributed by atoms with Gasteiger partial charge in [-0.25, -0.2) is 14.8 Å². The lowest BCUT2D eigenvalue weighted by atomic mass is 10.0. The molecule has 0 spiro atoms. The average Bonchev–Trinajstić information content (AvgIpc) is 2.83.